The minimum absolute atomic E-state index is 0.137. The van der Waals surface area contributed by atoms with Gasteiger partial charge in [-0.25, -0.2) is 9.59 Å². The van der Waals surface area contributed by atoms with Gasteiger partial charge in [0, 0.05) is 24.8 Å². The predicted octanol–water partition coefficient (Wildman–Crippen LogP) is 2.27. The van der Waals surface area contributed by atoms with Crippen LogP contribution in [0.1, 0.15) is 13.8 Å². The quantitative estimate of drug-likeness (QED) is 0.892. The van der Waals surface area contributed by atoms with Crippen LogP contribution in [0.2, 0.25) is 0 Å². The lowest BCUT2D eigenvalue weighted by molar-refractivity contribution is -0.139. The van der Waals surface area contributed by atoms with Crippen molar-refractivity contribution in [3.05, 3.63) is 24.3 Å². The van der Waals surface area contributed by atoms with Gasteiger partial charge in [0.1, 0.15) is 5.75 Å². The number of carbonyl (C=O) groups is 2. The Morgan fingerprint density at radius 1 is 1.33 bits per heavy atom. The van der Waals surface area contributed by atoms with Gasteiger partial charge in [-0.3, -0.25) is 0 Å². The second-order valence-electron chi connectivity index (χ2n) is 5.50. The minimum Gasteiger partial charge on any atom is -0.482 e. The van der Waals surface area contributed by atoms with E-state index in [2.05, 4.69) is 19.2 Å². The third-order valence-electron chi connectivity index (χ3n) is 3.72. The van der Waals surface area contributed by atoms with Gasteiger partial charge in [0.05, 0.1) is 0 Å². The number of amides is 2. The molecule has 2 unspecified atom stereocenters. The van der Waals surface area contributed by atoms with Crippen molar-refractivity contribution in [3.8, 4) is 5.75 Å². The van der Waals surface area contributed by atoms with E-state index in [0.717, 1.165) is 13.1 Å². The van der Waals surface area contributed by atoms with Crippen LogP contribution >= 0.6 is 0 Å². The lowest BCUT2D eigenvalue weighted by Crippen LogP contribution is -2.33. The summed E-state index contributed by atoms with van der Waals surface area (Å²) in [5.74, 6) is 0.379. The second-order valence-corrected chi connectivity index (χ2v) is 5.50. The molecule has 0 spiro atoms. The molecule has 0 aromatic heterocycles. The molecule has 2 atom stereocenters. The van der Waals surface area contributed by atoms with Crippen molar-refractivity contribution < 1.29 is 19.4 Å². The van der Waals surface area contributed by atoms with E-state index in [1.54, 1.807) is 29.2 Å². The summed E-state index contributed by atoms with van der Waals surface area (Å²) in [7, 11) is 0. The highest BCUT2D eigenvalue weighted by molar-refractivity contribution is 5.89. The number of rotatable bonds is 4. The maximum absolute atomic E-state index is 12.2. The third kappa shape index (κ3) is 4.11. The van der Waals surface area contributed by atoms with Gasteiger partial charge in [0.2, 0.25) is 0 Å². The molecule has 6 heteroatoms. The van der Waals surface area contributed by atoms with Gasteiger partial charge in [0.25, 0.3) is 0 Å². The van der Waals surface area contributed by atoms with E-state index >= 15 is 0 Å². The van der Waals surface area contributed by atoms with Crippen LogP contribution in [0.15, 0.2) is 24.3 Å². The molecular formula is C15H20N2O4. The summed E-state index contributed by atoms with van der Waals surface area (Å²) in [6, 6.07) is 6.58. The van der Waals surface area contributed by atoms with Gasteiger partial charge in [-0.15, -0.1) is 0 Å². The molecule has 1 aromatic rings. The molecule has 2 amide bonds. The average Bonchev–Trinajstić information content (AvgIpc) is 2.77. The van der Waals surface area contributed by atoms with Gasteiger partial charge in [0.15, 0.2) is 6.61 Å². The Morgan fingerprint density at radius 3 is 2.62 bits per heavy atom. The van der Waals surface area contributed by atoms with Crippen LogP contribution in [0.4, 0.5) is 10.5 Å². The standard InChI is InChI=1S/C15H20N2O4/c1-10-7-17(8-11(10)2)15(20)16-12-4-3-5-13(6-12)21-9-14(18)19/h3-6,10-11H,7-9H2,1-2H3,(H,16,20)(H,18,19). The Hall–Kier alpha value is -2.24. The van der Waals surface area contributed by atoms with Crippen LogP contribution in [0.3, 0.4) is 0 Å². The molecule has 1 saturated heterocycles. The largest absolute Gasteiger partial charge is 0.482 e. The number of anilines is 1. The Balaban J connectivity index is 1.95. The number of urea groups is 1. The first-order valence-corrected chi connectivity index (χ1v) is 6.96. The number of carboxylic acid groups (broad SMARTS) is 1. The zero-order valence-electron chi connectivity index (χ0n) is 12.2. The van der Waals surface area contributed by atoms with Gasteiger partial charge in [-0.05, 0) is 24.0 Å². The molecule has 114 valence electrons. The normalized spacial score (nSPS) is 21.1. The molecule has 0 bridgehead atoms. The number of carbonyl (C=O) groups excluding carboxylic acids is 1. The van der Waals surface area contributed by atoms with Gasteiger partial charge >= 0.3 is 12.0 Å². The van der Waals surface area contributed by atoms with Crippen molar-refractivity contribution in [2.75, 3.05) is 25.0 Å². The van der Waals surface area contributed by atoms with E-state index in [1.807, 2.05) is 0 Å². The Labute approximate surface area is 123 Å². The zero-order chi connectivity index (χ0) is 15.4. The number of hydrogen-bond acceptors (Lipinski definition) is 3. The molecule has 0 aliphatic carbocycles. The number of hydrogen-bond donors (Lipinski definition) is 2. The molecule has 21 heavy (non-hydrogen) atoms. The highest BCUT2D eigenvalue weighted by Crippen LogP contribution is 2.23. The summed E-state index contributed by atoms with van der Waals surface area (Å²) in [5, 5.41) is 11.4. The maximum Gasteiger partial charge on any atom is 0.341 e. The maximum atomic E-state index is 12.2. The fourth-order valence-electron chi connectivity index (χ4n) is 2.31. The summed E-state index contributed by atoms with van der Waals surface area (Å²) in [4.78, 5) is 24.4. The van der Waals surface area contributed by atoms with Crippen LogP contribution in [0, 0.1) is 11.8 Å². The number of carboxylic acids is 1. The topological polar surface area (TPSA) is 78.9 Å². The zero-order valence-corrected chi connectivity index (χ0v) is 12.2. The monoisotopic (exact) mass is 292 g/mol. The number of ether oxygens (including phenoxy) is 1. The first kappa shape index (κ1) is 15.2. The smallest absolute Gasteiger partial charge is 0.341 e. The van der Waals surface area contributed by atoms with Crippen molar-refractivity contribution in [1.82, 2.24) is 4.90 Å². The molecule has 2 N–H and O–H groups in total. The Kier molecular flexibility index (Phi) is 4.67. The lowest BCUT2D eigenvalue weighted by atomic mass is 10.0. The molecule has 0 radical (unpaired) electrons. The first-order chi connectivity index (χ1) is 9.95. The highest BCUT2D eigenvalue weighted by Gasteiger charge is 2.29. The van der Waals surface area contributed by atoms with Gasteiger partial charge in [-0.2, -0.15) is 0 Å². The number of nitrogens with one attached hydrogen (secondary N) is 1. The fourth-order valence-corrected chi connectivity index (χ4v) is 2.31. The molecule has 1 fully saturated rings. The minimum atomic E-state index is -1.04. The summed E-state index contributed by atoms with van der Waals surface area (Å²) in [6.45, 7) is 5.37. The molecule has 1 aromatic carbocycles. The van der Waals surface area contributed by atoms with Gasteiger partial charge < -0.3 is 20.1 Å². The average molecular weight is 292 g/mol. The number of likely N-dealkylation sites (tertiary alicyclic amines) is 1. The van der Waals surface area contributed by atoms with E-state index in [1.165, 1.54) is 0 Å². The van der Waals surface area contributed by atoms with E-state index in [9.17, 15) is 9.59 Å². The highest BCUT2D eigenvalue weighted by atomic mass is 16.5. The third-order valence-corrected chi connectivity index (χ3v) is 3.72. The van der Waals surface area contributed by atoms with Crippen LogP contribution in [-0.4, -0.2) is 41.7 Å². The van der Waals surface area contributed by atoms with Crippen LogP contribution in [0.5, 0.6) is 5.75 Å². The van der Waals surface area contributed by atoms with E-state index in [-0.39, 0.29) is 6.03 Å². The number of benzene rings is 1. The predicted molar refractivity (Wildman–Crippen MR) is 78.5 cm³/mol. The lowest BCUT2D eigenvalue weighted by Gasteiger charge is -2.17. The van der Waals surface area contributed by atoms with E-state index in [4.69, 9.17) is 9.84 Å². The van der Waals surface area contributed by atoms with Crippen LogP contribution in [0.25, 0.3) is 0 Å². The van der Waals surface area contributed by atoms with Crippen molar-refractivity contribution in [1.29, 1.82) is 0 Å². The van der Waals surface area contributed by atoms with Crippen molar-refractivity contribution in [3.63, 3.8) is 0 Å². The Morgan fingerprint density at radius 2 is 2.00 bits per heavy atom. The second kappa shape index (κ2) is 6.47. The first-order valence-electron chi connectivity index (χ1n) is 6.96. The molecule has 1 aliphatic heterocycles. The summed E-state index contributed by atoms with van der Waals surface area (Å²) in [6.07, 6.45) is 0. The molecule has 1 heterocycles. The molecule has 0 saturated carbocycles. The van der Waals surface area contributed by atoms with Crippen LogP contribution in [-0.2, 0) is 4.79 Å². The summed E-state index contributed by atoms with van der Waals surface area (Å²) >= 11 is 0. The fraction of sp³-hybridized carbons (Fsp3) is 0.467. The summed E-state index contributed by atoms with van der Waals surface area (Å²) in [5.41, 5.74) is 0.593. The molecule has 2 rings (SSSR count). The molecular weight excluding hydrogens is 272 g/mol. The van der Waals surface area contributed by atoms with Crippen molar-refractivity contribution in [2.24, 2.45) is 11.8 Å². The number of aliphatic carboxylic acids is 1. The Bertz CT molecular complexity index is 522. The van der Waals surface area contributed by atoms with Crippen molar-refractivity contribution >= 4 is 17.7 Å². The molecule has 1 aliphatic rings. The molecule has 6 nitrogen and oxygen atoms in total. The van der Waals surface area contributed by atoms with Crippen molar-refractivity contribution in [2.45, 2.75) is 13.8 Å². The van der Waals surface area contributed by atoms with Gasteiger partial charge in [-0.1, -0.05) is 19.9 Å². The summed E-state index contributed by atoms with van der Waals surface area (Å²) < 4.78 is 5.08. The number of nitrogens with zero attached hydrogens (tertiary/aromatic N) is 1. The van der Waals surface area contributed by atoms with Crippen LogP contribution < -0.4 is 10.1 Å². The van der Waals surface area contributed by atoms with E-state index < -0.39 is 12.6 Å². The SMILES string of the molecule is CC1CN(C(=O)Nc2cccc(OCC(=O)O)c2)CC1C. The van der Waals surface area contributed by atoms with E-state index in [0.29, 0.717) is 23.3 Å².